The predicted octanol–water partition coefficient (Wildman–Crippen LogP) is 4.26. The lowest BCUT2D eigenvalue weighted by molar-refractivity contribution is -0.141. The molecule has 1 aromatic heterocycles. The van der Waals surface area contributed by atoms with Crippen molar-refractivity contribution in [3.63, 3.8) is 0 Å². The number of carbonyl (C=O) groups is 1. The summed E-state index contributed by atoms with van der Waals surface area (Å²) in [7, 11) is 0. The van der Waals surface area contributed by atoms with Gasteiger partial charge in [-0.3, -0.25) is 9.48 Å². The van der Waals surface area contributed by atoms with Crippen molar-refractivity contribution in [1.29, 1.82) is 0 Å². The van der Waals surface area contributed by atoms with Gasteiger partial charge in [0.15, 0.2) is 5.69 Å². The highest BCUT2D eigenvalue weighted by atomic mass is 19.4. The Balaban J connectivity index is 2.11. The minimum Gasteiger partial charge on any atom is -0.372 e. The summed E-state index contributed by atoms with van der Waals surface area (Å²) in [6.45, 7) is 8.87. The molecule has 1 heterocycles. The zero-order chi connectivity index (χ0) is 19.5. The quantitative estimate of drug-likeness (QED) is 0.829. The summed E-state index contributed by atoms with van der Waals surface area (Å²) < 4.78 is 39.4. The van der Waals surface area contributed by atoms with Crippen molar-refractivity contribution in [1.82, 2.24) is 9.78 Å². The SMILES string of the molecule is CCN(CC)c1ccc(NC(=O)C(C)n2nc(C(F)(F)F)cc2C)cc1. The number of alkyl halides is 3. The number of anilines is 2. The molecule has 0 saturated heterocycles. The Kier molecular flexibility index (Phi) is 5.94. The van der Waals surface area contributed by atoms with Crippen LogP contribution in [-0.4, -0.2) is 28.8 Å². The first-order valence-corrected chi connectivity index (χ1v) is 8.46. The standard InChI is InChI=1S/C18H23F3N4O/c1-5-24(6-2)15-9-7-14(8-10-15)22-17(26)13(4)25-12(3)11-16(23-25)18(19,20)21/h7-11,13H,5-6H2,1-4H3,(H,22,26). The predicted molar refractivity (Wildman–Crippen MR) is 95.3 cm³/mol. The van der Waals surface area contributed by atoms with Gasteiger partial charge in [-0.2, -0.15) is 18.3 Å². The maximum Gasteiger partial charge on any atom is 0.435 e. The lowest BCUT2D eigenvalue weighted by Gasteiger charge is -2.21. The first-order chi connectivity index (χ1) is 12.2. The van der Waals surface area contributed by atoms with E-state index < -0.39 is 23.8 Å². The average Bonchev–Trinajstić information content (AvgIpc) is 2.99. The van der Waals surface area contributed by atoms with Crippen LogP contribution in [0.4, 0.5) is 24.5 Å². The van der Waals surface area contributed by atoms with Crippen LogP contribution in [0.25, 0.3) is 0 Å². The zero-order valence-corrected chi connectivity index (χ0v) is 15.3. The Hall–Kier alpha value is -2.51. The first kappa shape index (κ1) is 19.8. The van der Waals surface area contributed by atoms with Gasteiger partial charge in [-0.15, -0.1) is 0 Å². The smallest absolute Gasteiger partial charge is 0.372 e. The highest BCUT2D eigenvalue weighted by Crippen LogP contribution is 2.29. The molecule has 8 heteroatoms. The van der Waals surface area contributed by atoms with Gasteiger partial charge in [0.25, 0.3) is 0 Å². The molecule has 1 amide bonds. The highest BCUT2D eigenvalue weighted by molar-refractivity contribution is 5.93. The molecule has 0 saturated carbocycles. The number of hydrogen-bond donors (Lipinski definition) is 1. The second kappa shape index (κ2) is 7.80. The molecule has 0 aliphatic heterocycles. The van der Waals surface area contributed by atoms with Crippen molar-refractivity contribution < 1.29 is 18.0 Å². The molecule has 26 heavy (non-hydrogen) atoms. The van der Waals surface area contributed by atoms with E-state index in [0.29, 0.717) is 5.69 Å². The number of rotatable bonds is 6. The van der Waals surface area contributed by atoms with E-state index in [2.05, 4.69) is 29.2 Å². The van der Waals surface area contributed by atoms with E-state index in [-0.39, 0.29) is 5.69 Å². The van der Waals surface area contributed by atoms with Crippen LogP contribution in [0.15, 0.2) is 30.3 Å². The molecular weight excluding hydrogens is 345 g/mol. The minimum atomic E-state index is -4.54. The fraction of sp³-hybridized carbons (Fsp3) is 0.444. The van der Waals surface area contributed by atoms with E-state index in [9.17, 15) is 18.0 Å². The largest absolute Gasteiger partial charge is 0.435 e. The van der Waals surface area contributed by atoms with Gasteiger partial charge < -0.3 is 10.2 Å². The highest BCUT2D eigenvalue weighted by Gasteiger charge is 2.35. The van der Waals surface area contributed by atoms with E-state index in [0.717, 1.165) is 29.5 Å². The van der Waals surface area contributed by atoms with Crippen molar-refractivity contribution >= 4 is 17.3 Å². The summed E-state index contributed by atoms with van der Waals surface area (Å²) in [5.74, 6) is -0.430. The van der Waals surface area contributed by atoms with Crippen molar-refractivity contribution in [3.8, 4) is 0 Å². The van der Waals surface area contributed by atoms with Gasteiger partial charge in [-0.05, 0) is 58.0 Å². The number of aryl methyl sites for hydroxylation is 1. The molecule has 0 bridgehead atoms. The Bertz CT molecular complexity index is 749. The molecule has 1 aromatic carbocycles. The van der Waals surface area contributed by atoms with Crippen LogP contribution < -0.4 is 10.2 Å². The second-order valence-corrected chi connectivity index (χ2v) is 6.00. The maximum atomic E-state index is 12.8. The van der Waals surface area contributed by atoms with Crippen LogP contribution in [0.5, 0.6) is 0 Å². The molecule has 0 aliphatic rings. The lowest BCUT2D eigenvalue weighted by atomic mass is 10.2. The topological polar surface area (TPSA) is 50.2 Å². The molecule has 0 radical (unpaired) electrons. The van der Waals surface area contributed by atoms with Gasteiger partial charge in [0, 0.05) is 30.2 Å². The number of halogens is 3. The molecular formula is C18H23F3N4O. The number of aromatic nitrogens is 2. The van der Waals surface area contributed by atoms with Crippen LogP contribution >= 0.6 is 0 Å². The third-order valence-corrected chi connectivity index (χ3v) is 4.22. The Labute approximate surface area is 150 Å². The van der Waals surface area contributed by atoms with Crippen molar-refractivity contribution in [2.24, 2.45) is 0 Å². The lowest BCUT2D eigenvalue weighted by Crippen LogP contribution is -2.25. The third-order valence-electron chi connectivity index (χ3n) is 4.22. The van der Waals surface area contributed by atoms with Gasteiger partial charge >= 0.3 is 6.18 Å². The van der Waals surface area contributed by atoms with Crippen molar-refractivity contribution in [3.05, 3.63) is 41.7 Å². The Morgan fingerprint density at radius 2 is 1.81 bits per heavy atom. The van der Waals surface area contributed by atoms with Crippen LogP contribution in [0, 0.1) is 6.92 Å². The summed E-state index contributed by atoms with van der Waals surface area (Å²) in [5, 5.41) is 6.25. The molecule has 1 N–H and O–H groups in total. The molecule has 0 fully saturated rings. The fourth-order valence-electron chi connectivity index (χ4n) is 2.72. The van der Waals surface area contributed by atoms with E-state index >= 15 is 0 Å². The summed E-state index contributed by atoms with van der Waals surface area (Å²) in [4.78, 5) is 14.6. The Morgan fingerprint density at radius 1 is 1.23 bits per heavy atom. The van der Waals surface area contributed by atoms with Crippen LogP contribution in [-0.2, 0) is 11.0 Å². The first-order valence-electron chi connectivity index (χ1n) is 8.46. The summed E-state index contributed by atoms with van der Waals surface area (Å²) in [6.07, 6.45) is -4.54. The molecule has 142 valence electrons. The number of amides is 1. The summed E-state index contributed by atoms with van der Waals surface area (Å²) in [6, 6.07) is 7.41. The number of hydrogen-bond acceptors (Lipinski definition) is 3. The van der Waals surface area contributed by atoms with Gasteiger partial charge in [0.2, 0.25) is 5.91 Å². The van der Waals surface area contributed by atoms with Crippen molar-refractivity contribution in [2.75, 3.05) is 23.3 Å². The van der Waals surface area contributed by atoms with Crippen LogP contribution in [0.1, 0.15) is 38.2 Å². The summed E-state index contributed by atoms with van der Waals surface area (Å²) in [5.41, 5.74) is 0.896. The summed E-state index contributed by atoms with van der Waals surface area (Å²) >= 11 is 0. The molecule has 1 atom stereocenters. The van der Waals surface area contributed by atoms with E-state index in [4.69, 9.17) is 0 Å². The molecule has 0 spiro atoms. The molecule has 5 nitrogen and oxygen atoms in total. The fourth-order valence-corrected chi connectivity index (χ4v) is 2.72. The van der Waals surface area contributed by atoms with Crippen molar-refractivity contribution in [2.45, 2.75) is 39.9 Å². The van der Waals surface area contributed by atoms with Gasteiger partial charge in [-0.25, -0.2) is 0 Å². The van der Waals surface area contributed by atoms with E-state index in [1.807, 2.05) is 12.1 Å². The Morgan fingerprint density at radius 3 is 2.27 bits per heavy atom. The van der Waals surface area contributed by atoms with Crippen LogP contribution in [0.2, 0.25) is 0 Å². The molecule has 2 aromatic rings. The number of nitrogens with one attached hydrogen (secondary N) is 1. The van der Waals surface area contributed by atoms with Gasteiger partial charge in [0.05, 0.1) is 0 Å². The third kappa shape index (κ3) is 4.36. The van der Waals surface area contributed by atoms with E-state index in [1.165, 1.54) is 13.8 Å². The monoisotopic (exact) mass is 368 g/mol. The maximum absolute atomic E-state index is 12.8. The van der Waals surface area contributed by atoms with Gasteiger partial charge in [0.1, 0.15) is 6.04 Å². The zero-order valence-electron chi connectivity index (χ0n) is 15.3. The molecule has 1 unspecified atom stereocenters. The molecule has 0 aliphatic carbocycles. The van der Waals surface area contributed by atoms with Gasteiger partial charge in [-0.1, -0.05) is 0 Å². The molecule has 2 rings (SSSR count). The van der Waals surface area contributed by atoms with E-state index in [1.54, 1.807) is 12.1 Å². The number of nitrogens with zero attached hydrogens (tertiary/aromatic N) is 3. The number of carbonyl (C=O) groups excluding carboxylic acids is 1. The normalized spacial score (nSPS) is 12.7. The van der Waals surface area contributed by atoms with Crippen LogP contribution in [0.3, 0.4) is 0 Å². The minimum absolute atomic E-state index is 0.275. The number of benzene rings is 1. The average molecular weight is 368 g/mol. The second-order valence-electron chi connectivity index (χ2n) is 6.00.